The summed E-state index contributed by atoms with van der Waals surface area (Å²) in [5, 5.41) is 15.1. The van der Waals surface area contributed by atoms with Crippen molar-refractivity contribution < 1.29 is 14.4 Å². The first-order valence-electron chi connectivity index (χ1n) is 9.46. The molecule has 0 spiro atoms. The van der Waals surface area contributed by atoms with E-state index in [-0.39, 0.29) is 17.4 Å². The fraction of sp³-hybridized carbons (Fsp3) is 0.400. The van der Waals surface area contributed by atoms with E-state index in [2.05, 4.69) is 15.3 Å². The Kier molecular flexibility index (Phi) is 7.09. The Morgan fingerprint density at radius 2 is 2.00 bits per heavy atom. The van der Waals surface area contributed by atoms with Gasteiger partial charge in [-0.3, -0.25) is 10.1 Å². The molecule has 0 bridgehead atoms. The van der Waals surface area contributed by atoms with Gasteiger partial charge < -0.3 is 19.7 Å². The highest BCUT2D eigenvalue weighted by molar-refractivity contribution is 5.77. The molecule has 1 aliphatic heterocycles. The lowest BCUT2D eigenvalue weighted by molar-refractivity contribution is -0.384. The maximum absolute atomic E-state index is 11.9. The third kappa shape index (κ3) is 5.49. The lowest BCUT2D eigenvalue weighted by Crippen LogP contribution is -2.37. The zero-order valence-corrected chi connectivity index (χ0v) is 16.6. The molecule has 0 saturated carbocycles. The summed E-state index contributed by atoms with van der Waals surface area (Å²) < 4.78 is 10.5. The van der Waals surface area contributed by atoms with E-state index in [9.17, 15) is 10.1 Å². The monoisotopic (exact) mass is 399 g/mol. The van der Waals surface area contributed by atoms with Gasteiger partial charge in [0.1, 0.15) is 5.69 Å². The summed E-state index contributed by atoms with van der Waals surface area (Å²) in [5.74, 6) is 0.627. The van der Waals surface area contributed by atoms with E-state index in [1.807, 2.05) is 42.2 Å². The van der Waals surface area contributed by atoms with Crippen molar-refractivity contribution in [2.24, 2.45) is 0 Å². The molecule has 0 radical (unpaired) electrons. The number of nitro groups is 1. The minimum absolute atomic E-state index is 0.0510. The number of methoxy groups -OCH3 is 1. The van der Waals surface area contributed by atoms with Crippen LogP contribution in [0.15, 0.2) is 30.3 Å². The van der Waals surface area contributed by atoms with Gasteiger partial charge in [-0.1, -0.05) is 36.4 Å². The molecule has 3 rings (SSSR count). The van der Waals surface area contributed by atoms with Gasteiger partial charge in [-0.05, 0) is 18.6 Å². The molecule has 0 aliphatic carbocycles. The fourth-order valence-corrected chi connectivity index (χ4v) is 3.06. The summed E-state index contributed by atoms with van der Waals surface area (Å²) in [4.78, 5) is 22.3. The van der Waals surface area contributed by atoms with Crippen LogP contribution in [-0.2, 0) is 9.47 Å². The standard InChI is InChI=1S/C20H25N5O4/c1-15(14-28-2)21-20-22-17(9-8-16-6-4-3-5-7-16)18(25(26)27)19(23-20)24-10-12-29-13-11-24/h3-9,15H,10-14H2,1-2H3,(H,21,22,23)/b9-8+/t15-/m1/s1. The van der Waals surface area contributed by atoms with Crippen LogP contribution in [-0.4, -0.2) is 61.0 Å². The Hall–Kier alpha value is -3.04. The topological polar surface area (TPSA) is 103 Å². The van der Waals surface area contributed by atoms with Crippen LogP contribution in [0, 0.1) is 10.1 Å². The molecule has 9 nitrogen and oxygen atoms in total. The molecule has 1 saturated heterocycles. The molecule has 9 heteroatoms. The van der Waals surface area contributed by atoms with Crippen LogP contribution in [0.3, 0.4) is 0 Å². The lowest BCUT2D eigenvalue weighted by Gasteiger charge is -2.28. The molecular formula is C20H25N5O4. The second-order valence-electron chi connectivity index (χ2n) is 6.71. The van der Waals surface area contributed by atoms with E-state index in [4.69, 9.17) is 9.47 Å². The highest BCUT2D eigenvalue weighted by Gasteiger charge is 2.28. The van der Waals surface area contributed by atoms with Gasteiger partial charge in [0.15, 0.2) is 0 Å². The Balaban J connectivity index is 2.04. The van der Waals surface area contributed by atoms with Gasteiger partial charge in [-0.2, -0.15) is 4.98 Å². The van der Waals surface area contributed by atoms with Gasteiger partial charge in [0.2, 0.25) is 11.8 Å². The summed E-state index contributed by atoms with van der Waals surface area (Å²) >= 11 is 0. The quantitative estimate of drug-likeness (QED) is 0.534. The molecule has 1 aliphatic rings. The zero-order chi connectivity index (χ0) is 20.6. The molecule has 1 aromatic carbocycles. The molecule has 2 heterocycles. The number of morpholine rings is 1. The molecule has 1 N–H and O–H groups in total. The largest absolute Gasteiger partial charge is 0.383 e. The summed E-state index contributed by atoms with van der Waals surface area (Å²) in [7, 11) is 1.61. The van der Waals surface area contributed by atoms with Crippen LogP contribution in [0.25, 0.3) is 12.2 Å². The fourth-order valence-electron chi connectivity index (χ4n) is 3.06. The van der Waals surface area contributed by atoms with Gasteiger partial charge in [0.05, 0.1) is 24.7 Å². The van der Waals surface area contributed by atoms with Gasteiger partial charge in [-0.15, -0.1) is 0 Å². The number of nitrogens with zero attached hydrogens (tertiary/aromatic N) is 4. The second-order valence-corrected chi connectivity index (χ2v) is 6.71. The average molecular weight is 399 g/mol. The number of nitrogens with one attached hydrogen (secondary N) is 1. The van der Waals surface area contributed by atoms with E-state index in [1.165, 1.54) is 0 Å². The molecule has 1 fully saturated rings. The number of aromatic nitrogens is 2. The van der Waals surface area contributed by atoms with Crippen LogP contribution in [0.4, 0.5) is 17.5 Å². The number of hydrogen-bond acceptors (Lipinski definition) is 8. The minimum Gasteiger partial charge on any atom is -0.383 e. The predicted molar refractivity (Wildman–Crippen MR) is 112 cm³/mol. The van der Waals surface area contributed by atoms with Gasteiger partial charge >= 0.3 is 5.69 Å². The van der Waals surface area contributed by atoms with Crippen LogP contribution in [0.5, 0.6) is 0 Å². The van der Waals surface area contributed by atoms with Crippen molar-refractivity contribution in [2.75, 3.05) is 50.2 Å². The second kappa shape index (κ2) is 9.94. The van der Waals surface area contributed by atoms with Crippen molar-refractivity contribution >= 4 is 29.6 Å². The summed E-state index contributed by atoms with van der Waals surface area (Å²) in [6, 6.07) is 9.53. The van der Waals surface area contributed by atoms with Gasteiger partial charge in [0.25, 0.3) is 0 Å². The van der Waals surface area contributed by atoms with Crippen LogP contribution >= 0.6 is 0 Å². The Morgan fingerprint density at radius 3 is 2.66 bits per heavy atom. The van der Waals surface area contributed by atoms with Crippen LogP contribution in [0.2, 0.25) is 0 Å². The molecule has 0 amide bonds. The molecule has 0 unspecified atom stereocenters. The van der Waals surface area contributed by atoms with Crippen LogP contribution < -0.4 is 10.2 Å². The smallest absolute Gasteiger partial charge is 0.337 e. The summed E-state index contributed by atoms with van der Waals surface area (Å²) in [6.07, 6.45) is 3.46. The maximum Gasteiger partial charge on any atom is 0.337 e. The number of rotatable bonds is 8. The molecule has 1 aromatic heterocycles. The normalized spacial score (nSPS) is 15.4. The highest BCUT2D eigenvalue weighted by atomic mass is 16.6. The summed E-state index contributed by atoms with van der Waals surface area (Å²) in [6.45, 7) is 4.46. The highest BCUT2D eigenvalue weighted by Crippen LogP contribution is 2.32. The number of anilines is 2. The Bertz CT molecular complexity index is 853. The molecule has 154 valence electrons. The van der Waals surface area contributed by atoms with E-state index < -0.39 is 4.92 Å². The first kappa shape index (κ1) is 20.7. The van der Waals surface area contributed by atoms with E-state index in [0.29, 0.717) is 44.7 Å². The molecule has 29 heavy (non-hydrogen) atoms. The van der Waals surface area contributed by atoms with Crippen molar-refractivity contribution in [1.29, 1.82) is 0 Å². The SMILES string of the molecule is COC[C@@H](C)Nc1nc(/C=C/c2ccccc2)c([N+](=O)[O-])c(N2CCOCC2)n1. The molecule has 2 aromatic rings. The molecular weight excluding hydrogens is 374 g/mol. The predicted octanol–water partition coefficient (Wildman–Crippen LogP) is 2.84. The van der Waals surface area contributed by atoms with Crippen molar-refractivity contribution in [2.45, 2.75) is 13.0 Å². The van der Waals surface area contributed by atoms with Crippen molar-refractivity contribution in [3.05, 3.63) is 51.7 Å². The van der Waals surface area contributed by atoms with E-state index >= 15 is 0 Å². The van der Waals surface area contributed by atoms with Gasteiger partial charge in [0, 0.05) is 26.2 Å². The lowest BCUT2D eigenvalue weighted by atomic mass is 10.2. The third-order valence-corrected chi connectivity index (χ3v) is 4.41. The van der Waals surface area contributed by atoms with Crippen LogP contribution in [0.1, 0.15) is 18.2 Å². The summed E-state index contributed by atoms with van der Waals surface area (Å²) in [5.41, 5.74) is 1.07. The van der Waals surface area contributed by atoms with Crippen molar-refractivity contribution in [3.8, 4) is 0 Å². The Labute approximate surface area is 169 Å². The number of hydrogen-bond donors (Lipinski definition) is 1. The maximum atomic E-state index is 11.9. The van der Waals surface area contributed by atoms with Crippen molar-refractivity contribution in [1.82, 2.24) is 9.97 Å². The molecule has 1 atom stereocenters. The Morgan fingerprint density at radius 1 is 1.28 bits per heavy atom. The number of ether oxygens (including phenoxy) is 2. The first-order valence-corrected chi connectivity index (χ1v) is 9.46. The minimum atomic E-state index is -0.419. The zero-order valence-electron chi connectivity index (χ0n) is 16.6. The average Bonchev–Trinajstić information content (AvgIpc) is 2.73. The van der Waals surface area contributed by atoms with Crippen molar-refractivity contribution in [3.63, 3.8) is 0 Å². The first-order chi connectivity index (χ1) is 14.1. The number of benzene rings is 1. The third-order valence-electron chi connectivity index (χ3n) is 4.41. The van der Waals surface area contributed by atoms with E-state index in [0.717, 1.165) is 5.56 Å². The van der Waals surface area contributed by atoms with Gasteiger partial charge in [-0.25, -0.2) is 4.98 Å². The van der Waals surface area contributed by atoms with E-state index in [1.54, 1.807) is 19.3 Å².